The summed E-state index contributed by atoms with van der Waals surface area (Å²) < 4.78 is 0. The third-order valence-corrected chi connectivity index (χ3v) is 8.71. The number of hydrogen-bond donors (Lipinski definition) is 5. The standard InChI is InChI=1S/C33H43N5O6/c1-20(2)14-32(16-25(40)18-35-31(44)28(38-21(3)39)23-11-7-8-12-23)30(43)26(19-36-32)33(15-22-9-5-4-6-10-22)29(42)24(17-37-33)13-27(34)41/h4-6,9-10,17,19-20,23,28,36-37H,7-8,11-16,18H2,1-3H3,(H2,34,41)(H,35,44)(H,38,39)/t28-,32?,33-/m0/s1. The first-order chi connectivity index (χ1) is 20.9. The number of benzene rings is 1. The van der Waals surface area contributed by atoms with E-state index in [9.17, 15) is 28.8 Å². The van der Waals surface area contributed by atoms with E-state index in [4.69, 9.17) is 5.73 Å². The summed E-state index contributed by atoms with van der Waals surface area (Å²) in [6.07, 6.45) is 6.53. The zero-order valence-corrected chi connectivity index (χ0v) is 25.7. The molecule has 3 atom stereocenters. The van der Waals surface area contributed by atoms with Gasteiger partial charge < -0.3 is 27.0 Å². The predicted molar refractivity (Wildman–Crippen MR) is 164 cm³/mol. The van der Waals surface area contributed by atoms with E-state index in [1.165, 1.54) is 19.3 Å². The Bertz CT molecular complexity index is 1380. The molecule has 11 heteroatoms. The molecule has 6 N–H and O–H groups in total. The molecule has 0 saturated heterocycles. The van der Waals surface area contributed by atoms with Crippen LogP contribution in [0.15, 0.2) is 53.9 Å². The maximum absolute atomic E-state index is 14.4. The highest BCUT2D eigenvalue weighted by Gasteiger charge is 2.56. The summed E-state index contributed by atoms with van der Waals surface area (Å²) in [5.41, 5.74) is 3.73. The van der Waals surface area contributed by atoms with Crippen LogP contribution in [0.2, 0.25) is 0 Å². The summed E-state index contributed by atoms with van der Waals surface area (Å²) in [6.45, 7) is 4.93. The van der Waals surface area contributed by atoms with Gasteiger partial charge in [-0.05, 0) is 36.7 Å². The van der Waals surface area contributed by atoms with Crippen molar-refractivity contribution in [1.82, 2.24) is 21.3 Å². The minimum atomic E-state index is -1.49. The van der Waals surface area contributed by atoms with Crippen LogP contribution in [0, 0.1) is 11.8 Å². The molecule has 1 aromatic carbocycles. The van der Waals surface area contributed by atoms with E-state index in [1.54, 1.807) is 0 Å². The molecule has 0 radical (unpaired) electrons. The van der Waals surface area contributed by atoms with Crippen molar-refractivity contribution in [3.63, 3.8) is 0 Å². The van der Waals surface area contributed by atoms with Gasteiger partial charge in [0.05, 0.1) is 13.0 Å². The Kier molecular flexibility index (Phi) is 10.1. The average Bonchev–Trinajstić information content (AvgIpc) is 3.67. The number of carbonyl (C=O) groups excluding carboxylic acids is 6. The van der Waals surface area contributed by atoms with Gasteiger partial charge in [-0.3, -0.25) is 28.8 Å². The monoisotopic (exact) mass is 605 g/mol. The number of hydrogen-bond acceptors (Lipinski definition) is 8. The maximum atomic E-state index is 14.4. The van der Waals surface area contributed by atoms with E-state index < -0.39 is 40.5 Å². The molecule has 236 valence electrons. The number of amides is 3. The van der Waals surface area contributed by atoms with Gasteiger partial charge >= 0.3 is 0 Å². The lowest BCUT2D eigenvalue weighted by Crippen LogP contribution is -2.56. The molecule has 3 amide bonds. The zero-order chi connectivity index (χ0) is 32.1. The molecule has 2 aliphatic heterocycles. The Hall–Kier alpha value is -4.28. The highest BCUT2D eigenvalue weighted by Crippen LogP contribution is 2.39. The fourth-order valence-electron chi connectivity index (χ4n) is 6.83. The zero-order valence-electron chi connectivity index (χ0n) is 25.7. The summed E-state index contributed by atoms with van der Waals surface area (Å²) >= 11 is 0. The van der Waals surface area contributed by atoms with E-state index in [0.29, 0.717) is 6.42 Å². The predicted octanol–water partition coefficient (Wildman–Crippen LogP) is 1.51. The lowest BCUT2D eigenvalue weighted by atomic mass is 9.73. The van der Waals surface area contributed by atoms with E-state index in [1.807, 2.05) is 44.2 Å². The Morgan fingerprint density at radius 1 is 1.00 bits per heavy atom. The summed E-state index contributed by atoms with van der Waals surface area (Å²) in [4.78, 5) is 78.2. The van der Waals surface area contributed by atoms with Crippen molar-refractivity contribution in [2.75, 3.05) is 6.54 Å². The van der Waals surface area contributed by atoms with Crippen molar-refractivity contribution in [3.05, 3.63) is 59.4 Å². The van der Waals surface area contributed by atoms with Gasteiger partial charge in [0.2, 0.25) is 17.7 Å². The first kappa shape index (κ1) is 32.6. The molecule has 1 aromatic rings. The highest BCUT2D eigenvalue weighted by atomic mass is 16.2. The first-order valence-electron chi connectivity index (χ1n) is 15.3. The smallest absolute Gasteiger partial charge is 0.243 e. The van der Waals surface area contributed by atoms with Crippen LogP contribution in [0.1, 0.15) is 71.3 Å². The van der Waals surface area contributed by atoms with Gasteiger partial charge in [0.15, 0.2) is 17.3 Å². The van der Waals surface area contributed by atoms with Crippen LogP contribution < -0.4 is 27.0 Å². The quantitative estimate of drug-likeness (QED) is 0.212. The van der Waals surface area contributed by atoms with Gasteiger partial charge in [-0.2, -0.15) is 0 Å². The van der Waals surface area contributed by atoms with Gasteiger partial charge in [-0.25, -0.2) is 0 Å². The summed E-state index contributed by atoms with van der Waals surface area (Å²) in [5.74, 6) is -2.55. The first-order valence-corrected chi connectivity index (χ1v) is 15.3. The minimum absolute atomic E-state index is 0.00830. The van der Waals surface area contributed by atoms with Crippen LogP contribution in [0.25, 0.3) is 0 Å². The van der Waals surface area contributed by atoms with E-state index in [2.05, 4.69) is 21.3 Å². The van der Waals surface area contributed by atoms with Gasteiger partial charge in [0, 0.05) is 43.3 Å². The van der Waals surface area contributed by atoms with E-state index in [0.717, 1.165) is 31.2 Å². The molecule has 1 fully saturated rings. The van der Waals surface area contributed by atoms with Crippen LogP contribution in [0.4, 0.5) is 0 Å². The molecule has 0 aromatic heterocycles. The molecular weight excluding hydrogens is 562 g/mol. The second-order valence-electron chi connectivity index (χ2n) is 12.7. The Labute approximate surface area is 257 Å². The molecule has 0 bridgehead atoms. The van der Waals surface area contributed by atoms with Crippen molar-refractivity contribution < 1.29 is 28.8 Å². The fourth-order valence-corrected chi connectivity index (χ4v) is 6.83. The third-order valence-electron chi connectivity index (χ3n) is 8.71. The van der Waals surface area contributed by atoms with Crippen molar-refractivity contribution in [2.45, 2.75) is 89.3 Å². The molecule has 2 heterocycles. The Morgan fingerprint density at radius 3 is 2.30 bits per heavy atom. The van der Waals surface area contributed by atoms with Crippen molar-refractivity contribution in [1.29, 1.82) is 0 Å². The van der Waals surface area contributed by atoms with Crippen LogP contribution >= 0.6 is 0 Å². The number of nitrogens with two attached hydrogens (primary N) is 1. The third kappa shape index (κ3) is 7.09. The number of carbonyl (C=O) groups is 6. The normalized spacial score (nSPS) is 23.9. The van der Waals surface area contributed by atoms with Crippen molar-refractivity contribution in [2.24, 2.45) is 17.6 Å². The van der Waals surface area contributed by atoms with Crippen molar-refractivity contribution >= 4 is 35.1 Å². The van der Waals surface area contributed by atoms with Crippen LogP contribution in [-0.4, -0.2) is 58.7 Å². The lowest BCUT2D eigenvalue weighted by molar-refractivity contribution is -0.131. The van der Waals surface area contributed by atoms with Crippen LogP contribution in [-0.2, 0) is 35.2 Å². The average molecular weight is 606 g/mol. The Morgan fingerprint density at radius 2 is 1.68 bits per heavy atom. The summed E-state index contributed by atoms with van der Waals surface area (Å²) in [7, 11) is 0. The maximum Gasteiger partial charge on any atom is 0.243 e. The van der Waals surface area contributed by atoms with Crippen molar-refractivity contribution in [3.8, 4) is 0 Å². The number of Topliss-reactive ketones (excluding diaryl/α,β-unsaturated/α-hetero) is 3. The molecule has 1 saturated carbocycles. The molecule has 11 nitrogen and oxygen atoms in total. The number of primary amides is 1. The van der Waals surface area contributed by atoms with E-state index in [-0.39, 0.29) is 60.5 Å². The molecule has 0 spiro atoms. The SMILES string of the molecule is CC(=O)N[C@H](C(=O)NCC(=O)CC1(CC(C)C)NC=C([C@]2(Cc3ccccc3)NC=C(CC(N)=O)C2=O)C1=O)C1CCCC1. The molecular formula is C33H43N5O6. The Balaban J connectivity index is 1.54. The number of ketones is 3. The minimum Gasteiger partial charge on any atom is -0.378 e. The van der Waals surface area contributed by atoms with Gasteiger partial charge in [0.1, 0.15) is 17.1 Å². The lowest BCUT2D eigenvalue weighted by Gasteiger charge is -2.34. The molecule has 44 heavy (non-hydrogen) atoms. The second-order valence-corrected chi connectivity index (χ2v) is 12.7. The number of rotatable bonds is 14. The summed E-state index contributed by atoms with van der Waals surface area (Å²) in [6, 6.07) is 8.51. The van der Waals surface area contributed by atoms with Crippen LogP contribution in [0.5, 0.6) is 0 Å². The van der Waals surface area contributed by atoms with Gasteiger partial charge in [0.25, 0.3) is 0 Å². The molecule has 1 aliphatic carbocycles. The molecule has 3 aliphatic rings. The number of nitrogens with one attached hydrogen (secondary N) is 4. The highest BCUT2D eigenvalue weighted by molar-refractivity contribution is 6.19. The largest absolute Gasteiger partial charge is 0.378 e. The van der Waals surface area contributed by atoms with Gasteiger partial charge in [-0.15, -0.1) is 0 Å². The molecule has 1 unspecified atom stereocenters. The van der Waals surface area contributed by atoms with E-state index >= 15 is 0 Å². The topological polar surface area (TPSA) is 177 Å². The molecule has 4 rings (SSSR count). The summed E-state index contributed by atoms with van der Waals surface area (Å²) in [5, 5.41) is 11.7. The van der Waals surface area contributed by atoms with Gasteiger partial charge in [-0.1, -0.05) is 57.0 Å². The fraction of sp³-hybridized carbons (Fsp3) is 0.515. The van der Waals surface area contributed by atoms with Crippen LogP contribution in [0.3, 0.4) is 0 Å². The second kappa shape index (κ2) is 13.6.